The van der Waals surface area contributed by atoms with Crippen LogP contribution >= 0.6 is 0 Å². The molecule has 0 rings (SSSR count). The summed E-state index contributed by atoms with van der Waals surface area (Å²) in [5, 5.41) is 0. The predicted molar refractivity (Wildman–Crippen MR) is 12.9 cm³/mol. The number of hydrogen-bond acceptors (Lipinski definition) is 0. The largest absolute Gasteiger partial charge is 4.00 e. The van der Waals surface area contributed by atoms with Crippen LogP contribution in [-0.2, 0) is 43.7 Å². The molecular formula is AlO2SiY+6. The molecule has 2 nitrogen and oxygen atoms in total. The van der Waals surface area contributed by atoms with E-state index in [4.69, 9.17) is 0 Å². The molecule has 0 fully saturated rings. The summed E-state index contributed by atoms with van der Waals surface area (Å²) in [6.45, 7) is 0. The van der Waals surface area contributed by atoms with Crippen LogP contribution in [-0.4, -0.2) is 28.3 Å². The zero-order chi connectivity index (χ0) is 0. The second-order valence-corrected chi connectivity index (χ2v) is 0. The molecule has 0 N–H and O–H groups in total. The van der Waals surface area contributed by atoms with Crippen LogP contribution < -0.4 is 0 Å². The minimum Gasteiger partial charge on any atom is -2.00 e. The molecule has 0 amide bonds. The predicted octanol–water partition coefficient (Wildman–Crippen LogP) is -1.00. The van der Waals surface area contributed by atoms with Crippen molar-refractivity contribution in [2.24, 2.45) is 0 Å². The molecule has 0 aliphatic rings. The third-order valence-corrected chi connectivity index (χ3v) is 0. The Morgan fingerprint density at radius 2 is 0.800 bits per heavy atom. The molecule has 0 saturated carbocycles. The molecule has 0 aromatic rings. The van der Waals surface area contributed by atoms with Gasteiger partial charge in [-0.25, -0.2) is 0 Å². The van der Waals surface area contributed by atoms with Gasteiger partial charge in [-0.1, -0.05) is 0 Å². The van der Waals surface area contributed by atoms with Crippen molar-refractivity contribution in [2.45, 2.75) is 0 Å². The van der Waals surface area contributed by atoms with E-state index >= 15 is 0 Å². The second-order valence-electron chi connectivity index (χ2n) is 0. The third kappa shape index (κ3) is 26.1. The molecule has 0 atom stereocenters. The van der Waals surface area contributed by atoms with Gasteiger partial charge in [0.1, 0.15) is 0 Å². The Bertz CT molecular complexity index is 9.61. The van der Waals surface area contributed by atoms with Crippen LogP contribution in [0.25, 0.3) is 0 Å². The van der Waals surface area contributed by atoms with Crippen molar-refractivity contribution >= 4 is 28.3 Å². The van der Waals surface area contributed by atoms with Crippen LogP contribution in [0.4, 0.5) is 0 Å². The first-order valence-electron chi connectivity index (χ1n) is 0. The summed E-state index contributed by atoms with van der Waals surface area (Å²) in [6, 6.07) is 0. The maximum absolute atomic E-state index is 0. The van der Waals surface area contributed by atoms with E-state index in [1.807, 2.05) is 0 Å². The average Bonchev–Trinajstić information content (AvgIpc) is 0. The Balaban J connectivity index is 0. The van der Waals surface area contributed by atoms with E-state index in [2.05, 4.69) is 0 Å². The Kier molecular flexibility index (Phi) is 601. The molecule has 5 heavy (non-hydrogen) atoms. The van der Waals surface area contributed by atoms with Gasteiger partial charge in [0.15, 0.2) is 0 Å². The summed E-state index contributed by atoms with van der Waals surface area (Å²) >= 11 is 0. The van der Waals surface area contributed by atoms with Crippen LogP contribution in [0.3, 0.4) is 0 Å². The fourth-order valence-electron chi connectivity index (χ4n) is 0. The van der Waals surface area contributed by atoms with Crippen LogP contribution in [0.1, 0.15) is 0 Å². The van der Waals surface area contributed by atoms with Gasteiger partial charge in [-0.15, -0.1) is 0 Å². The minimum atomic E-state index is 0. The molecule has 0 aromatic heterocycles. The molecule has 0 aliphatic heterocycles. The maximum Gasteiger partial charge on any atom is 4.00 e. The van der Waals surface area contributed by atoms with Gasteiger partial charge in [0.25, 0.3) is 0 Å². The number of hydrogen-bond donors (Lipinski definition) is 0. The Hall–Kier alpha value is 1.77. The summed E-state index contributed by atoms with van der Waals surface area (Å²) in [6.07, 6.45) is 0. The van der Waals surface area contributed by atoms with Gasteiger partial charge in [0.05, 0.1) is 0 Å². The van der Waals surface area contributed by atoms with E-state index in [1.54, 1.807) is 0 Å². The van der Waals surface area contributed by atoms with Crippen molar-refractivity contribution < 1.29 is 43.7 Å². The topological polar surface area (TPSA) is 57.0 Å². The summed E-state index contributed by atoms with van der Waals surface area (Å²) in [4.78, 5) is 0. The van der Waals surface area contributed by atoms with Crippen molar-refractivity contribution in [1.82, 2.24) is 0 Å². The first-order chi connectivity index (χ1) is 0. The summed E-state index contributed by atoms with van der Waals surface area (Å²) in [5.41, 5.74) is 0. The maximum atomic E-state index is 0. The summed E-state index contributed by atoms with van der Waals surface area (Å²) in [5.74, 6) is 0. The normalized spacial score (nSPS) is 0. The molecule has 0 aromatic carbocycles. The van der Waals surface area contributed by atoms with Gasteiger partial charge in [0.2, 0.25) is 0 Å². The average molecular weight is 176 g/mol. The molecule has 0 aliphatic carbocycles. The molecule has 5 heteroatoms. The van der Waals surface area contributed by atoms with Crippen molar-refractivity contribution in [3.63, 3.8) is 0 Å². The quantitative estimate of drug-likeness (QED) is 0.425. The molecule has 0 heterocycles. The van der Waals surface area contributed by atoms with Crippen molar-refractivity contribution in [3.8, 4) is 0 Å². The molecule has 0 radical (unpaired) electrons. The van der Waals surface area contributed by atoms with Gasteiger partial charge in [-0.05, 0) is 0 Å². The van der Waals surface area contributed by atoms with Crippen LogP contribution in [0.5, 0.6) is 0 Å². The molecule has 0 bridgehead atoms. The first-order valence-corrected chi connectivity index (χ1v) is 0. The number of rotatable bonds is 0. The zero-order valence-electron chi connectivity index (χ0n) is 2.47. The Morgan fingerprint density at radius 3 is 0.800 bits per heavy atom. The van der Waals surface area contributed by atoms with Crippen molar-refractivity contribution in [3.05, 3.63) is 0 Å². The molecule has 0 saturated heterocycles. The zero-order valence-corrected chi connectivity index (χ0v) is 7.46. The third-order valence-electron chi connectivity index (χ3n) is 0. The fourth-order valence-corrected chi connectivity index (χ4v) is 0. The van der Waals surface area contributed by atoms with Crippen LogP contribution in [0.2, 0.25) is 0 Å². The smallest absolute Gasteiger partial charge is 2.00 e. The van der Waals surface area contributed by atoms with E-state index < -0.39 is 0 Å². The van der Waals surface area contributed by atoms with E-state index in [0.717, 1.165) is 0 Å². The van der Waals surface area contributed by atoms with Gasteiger partial charge in [-0.3, -0.25) is 0 Å². The minimum absolute atomic E-state index is 0. The summed E-state index contributed by atoms with van der Waals surface area (Å²) in [7, 11) is 0. The summed E-state index contributed by atoms with van der Waals surface area (Å²) < 4.78 is 0. The van der Waals surface area contributed by atoms with Crippen LogP contribution in [0.15, 0.2) is 0 Å². The van der Waals surface area contributed by atoms with Gasteiger partial charge >= 0.3 is 61.0 Å². The van der Waals surface area contributed by atoms with Crippen LogP contribution in [0, 0.1) is 0 Å². The van der Waals surface area contributed by atoms with Crippen molar-refractivity contribution in [2.75, 3.05) is 0 Å². The molecule has 0 unspecified atom stereocenters. The second kappa shape index (κ2) is 41.8. The van der Waals surface area contributed by atoms with Gasteiger partial charge < -0.3 is 11.0 Å². The SMILES string of the molecule is [Al+3].[O-2].[O-2].[Si+4].[Y+3]. The monoisotopic (exact) mass is 176 g/mol. The van der Waals surface area contributed by atoms with Gasteiger partial charge in [-0.2, -0.15) is 0 Å². The fraction of sp³-hybridized carbons (Fsp3) is 0. The van der Waals surface area contributed by atoms with E-state index in [0.29, 0.717) is 0 Å². The Labute approximate surface area is 71.4 Å². The van der Waals surface area contributed by atoms with E-state index in [-0.39, 0.29) is 72.0 Å². The molecule has 0 spiro atoms. The van der Waals surface area contributed by atoms with Gasteiger partial charge in [0, 0.05) is 0 Å². The van der Waals surface area contributed by atoms with E-state index in [1.165, 1.54) is 0 Å². The van der Waals surface area contributed by atoms with Crippen molar-refractivity contribution in [1.29, 1.82) is 0 Å². The standard InChI is InChI=1S/Al.2O.Si.Y/q+3;2*-2;+4;+3. The van der Waals surface area contributed by atoms with E-state index in [9.17, 15) is 0 Å². The molecule has 16 valence electrons. The Morgan fingerprint density at radius 1 is 0.800 bits per heavy atom. The first kappa shape index (κ1) is 71.8. The molecular weight excluding hydrogens is 176 g/mol.